The van der Waals surface area contributed by atoms with Gasteiger partial charge in [0.1, 0.15) is 5.75 Å². The fourth-order valence-electron chi connectivity index (χ4n) is 2.57. The monoisotopic (exact) mass is 270 g/mol. The Morgan fingerprint density at radius 2 is 2.30 bits per heavy atom. The molecule has 0 spiro atoms. The number of carbonyl (C=O) groups is 1. The minimum Gasteiger partial charge on any atom is -0.493 e. The van der Waals surface area contributed by atoms with Crippen molar-refractivity contribution in [2.75, 3.05) is 6.61 Å². The third-order valence-corrected chi connectivity index (χ3v) is 3.62. The Labute approximate surface area is 118 Å². The number of nitrogens with zero attached hydrogens (tertiary/aromatic N) is 2. The fraction of sp³-hybridized carbons (Fsp3) is 0.375. The van der Waals surface area contributed by atoms with Crippen LogP contribution in [-0.2, 0) is 13.0 Å². The topological polar surface area (TPSA) is 44.1 Å². The van der Waals surface area contributed by atoms with Crippen molar-refractivity contribution >= 4 is 5.78 Å². The van der Waals surface area contributed by atoms with E-state index < -0.39 is 0 Å². The van der Waals surface area contributed by atoms with Crippen molar-refractivity contribution in [3.63, 3.8) is 0 Å². The van der Waals surface area contributed by atoms with Gasteiger partial charge in [-0.25, -0.2) is 0 Å². The van der Waals surface area contributed by atoms with Crippen molar-refractivity contribution < 1.29 is 9.53 Å². The maximum absolute atomic E-state index is 12.5. The van der Waals surface area contributed by atoms with Gasteiger partial charge in [0.15, 0.2) is 5.78 Å². The maximum Gasteiger partial charge on any atom is 0.172 e. The molecule has 1 atom stereocenters. The van der Waals surface area contributed by atoms with Crippen molar-refractivity contribution in [3.8, 4) is 5.75 Å². The molecule has 2 aromatic rings. The van der Waals surface area contributed by atoms with E-state index in [1.54, 1.807) is 6.20 Å². The Balaban J connectivity index is 1.75. The van der Waals surface area contributed by atoms with Crippen LogP contribution in [0.2, 0.25) is 0 Å². The zero-order chi connectivity index (χ0) is 13.9. The molecule has 3 rings (SSSR count). The van der Waals surface area contributed by atoms with Gasteiger partial charge in [0, 0.05) is 12.7 Å². The van der Waals surface area contributed by atoms with Crippen LogP contribution < -0.4 is 4.74 Å². The molecule has 0 aliphatic carbocycles. The van der Waals surface area contributed by atoms with E-state index >= 15 is 0 Å². The summed E-state index contributed by atoms with van der Waals surface area (Å²) in [7, 11) is 0. The summed E-state index contributed by atoms with van der Waals surface area (Å²) >= 11 is 0. The third kappa shape index (κ3) is 2.46. The number of benzene rings is 1. The number of ether oxygens (including phenoxy) is 1. The van der Waals surface area contributed by atoms with Gasteiger partial charge in [0.25, 0.3) is 0 Å². The molecule has 0 bridgehead atoms. The smallest absolute Gasteiger partial charge is 0.172 e. The number of Topliss-reactive ketones (excluding diaryl/α,β-unsaturated/α-hetero) is 1. The molecule has 104 valence electrons. The molecule has 0 radical (unpaired) electrons. The number of aromatic nitrogens is 2. The number of para-hydroxylation sites is 1. The molecule has 0 amide bonds. The van der Waals surface area contributed by atoms with E-state index in [0.29, 0.717) is 12.2 Å². The molecule has 2 heterocycles. The maximum atomic E-state index is 12.5. The van der Waals surface area contributed by atoms with Crippen LogP contribution in [0.25, 0.3) is 0 Å². The molecule has 0 fully saturated rings. The van der Waals surface area contributed by atoms with Gasteiger partial charge in [0.2, 0.25) is 0 Å². The zero-order valence-corrected chi connectivity index (χ0v) is 11.6. The highest BCUT2D eigenvalue weighted by Crippen LogP contribution is 2.28. The molecule has 1 aromatic heterocycles. The molecular weight excluding hydrogens is 252 g/mol. The van der Waals surface area contributed by atoms with Gasteiger partial charge in [-0.1, -0.05) is 25.1 Å². The molecule has 1 unspecified atom stereocenters. The van der Waals surface area contributed by atoms with E-state index in [1.807, 2.05) is 35.1 Å². The minimum absolute atomic E-state index is 0.107. The van der Waals surface area contributed by atoms with E-state index in [-0.39, 0.29) is 11.7 Å². The second kappa shape index (κ2) is 5.49. The van der Waals surface area contributed by atoms with Crippen molar-refractivity contribution in [2.24, 2.45) is 5.92 Å². The van der Waals surface area contributed by atoms with Gasteiger partial charge in [-0.2, -0.15) is 5.10 Å². The molecular formula is C16H18N2O2. The first kappa shape index (κ1) is 12.9. The average molecular weight is 270 g/mol. The van der Waals surface area contributed by atoms with Gasteiger partial charge in [-0.3, -0.25) is 9.48 Å². The van der Waals surface area contributed by atoms with E-state index in [9.17, 15) is 4.79 Å². The van der Waals surface area contributed by atoms with Crippen LogP contribution in [0, 0.1) is 5.92 Å². The minimum atomic E-state index is -0.107. The molecule has 20 heavy (non-hydrogen) atoms. The number of aryl methyl sites for hydroxylation is 1. The molecule has 1 aliphatic heterocycles. The highest BCUT2D eigenvalue weighted by Gasteiger charge is 2.27. The lowest BCUT2D eigenvalue weighted by molar-refractivity contribution is 0.0855. The Hall–Kier alpha value is -2.10. The molecule has 0 saturated carbocycles. The van der Waals surface area contributed by atoms with Crippen molar-refractivity contribution in [2.45, 2.75) is 26.3 Å². The fourth-order valence-corrected chi connectivity index (χ4v) is 2.57. The van der Waals surface area contributed by atoms with Crippen LogP contribution in [0.4, 0.5) is 0 Å². The van der Waals surface area contributed by atoms with E-state index in [2.05, 4.69) is 12.0 Å². The van der Waals surface area contributed by atoms with Gasteiger partial charge in [-0.05, 0) is 24.5 Å². The summed E-state index contributed by atoms with van der Waals surface area (Å²) in [6.45, 7) is 3.39. The number of carbonyl (C=O) groups excluding carboxylic acids is 1. The molecule has 1 aliphatic rings. The van der Waals surface area contributed by atoms with Crippen molar-refractivity contribution in [1.29, 1.82) is 0 Å². The van der Waals surface area contributed by atoms with Gasteiger partial charge >= 0.3 is 0 Å². The number of hydrogen-bond acceptors (Lipinski definition) is 3. The van der Waals surface area contributed by atoms with E-state index in [4.69, 9.17) is 4.74 Å². The second-order valence-corrected chi connectivity index (χ2v) is 5.18. The molecule has 0 N–H and O–H groups in total. The number of fused-ring (bicyclic) bond motifs is 1. The molecule has 1 aromatic carbocycles. The first-order valence-corrected chi connectivity index (χ1v) is 7.05. The van der Waals surface area contributed by atoms with Crippen LogP contribution in [0.1, 0.15) is 29.3 Å². The highest BCUT2D eigenvalue weighted by atomic mass is 16.5. The standard InChI is InChI=1S/C16H18N2O2/c1-2-7-18-10-14(9-17-18)16(19)13-8-12-5-3-4-6-15(12)20-11-13/h3-6,9-10,13H,2,7-8,11H2,1H3. The largest absolute Gasteiger partial charge is 0.493 e. The molecule has 4 nitrogen and oxygen atoms in total. The molecule has 0 saturated heterocycles. The summed E-state index contributed by atoms with van der Waals surface area (Å²) in [5, 5.41) is 4.22. The van der Waals surface area contributed by atoms with Gasteiger partial charge in [-0.15, -0.1) is 0 Å². The number of rotatable bonds is 4. The Morgan fingerprint density at radius 1 is 1.45 bits per heavy atom. The predicted molar refractivity (Wildman–Crippen MR) is 76.0 cm³/mol. The Bertz CT molecular complexity index is 618. The van der Waals surface area contributed by atoms with Gasteiger partial charge in [0.05, 0.1) is 24.3 Å². The lowest BCUT2D eigenvalue weighted by atomic mass is 9.91. The average Bonchev–Trinajstić information content (AvgIpc) is 2.95. The van der Waals surface area contributed by atoms with Gasteiger partial charge < -0.3 is 4.74 Å². The summed E-state index contributed by atoms with van der Waals surface area (Å²) in [6.07, 6.45) is 5.26. The quantitative estimate of drug-likeness (QED) is 0.802. The summed E-state index contributed by atoms with van der Waals surface area (Å²) in [5.74, 6) is 0.921. The van der Waals surface area contributed by atoms with E-state index in [0.717, 1.165) is 30.7 Å². The predicted octanol–water partition coefficient (Wildman–Crippen LogP) is 2.73. The summed E-state index contributed by atoms with van der Waals surface area (Å²) in [5.41, 5.74) is 1.80. The first-order chi connectivity index (χ1) is 9.78. The second-order valence-electron chi connectivity index (χ2n) is 5.18. The van der Waals surface area contributed by atoms with Crippen molar-refractivity contribution in [1.82, 2.24) is 9.78 Å². The zero-order valence-electron chi connectivity index (χ0n) is 11.6. The first-order valence-electron chi connectivity index (χ1n) is 7.05. The normalized spacial score (nSPS) is 17.4. The van der Waals surface area contributed by atoms with Crippen LogP contribution in [-0.4, -0.2) is 22.2 Å². The number of hydrogen-bond donors (Lipinski definition) is 0. The summed E-state index contributed by atoms with van der Waals surface area (Å²) < 4.78 is 7.51. The van der Waals surface area contributed by atoms with Crippen LogP contribution in [0.3, 0.4) is 0 Å². The Morgan fingerprint density at radius 3 is 3.15 bits per heavy atom. The lowest BCUT2D eigenvalue weighted by Crippen LogP contribution is -2.28. The third-order valence-electron chi connectivity index (χ3n) is 3.62. The summed E-state index contributed by atoms with van der Waals surface area (Å²) in [4.78, 5) is 12.5. The van der Waals surface area contributed by atoms with Crippen LogP contribution in [0.15, 0.2) is 36.7 Å². The summed E-state index contributed by atoms with van der Waals surface area (Å²) in [6, 6.07) is 7.91. The Kier molecular flexibility index (Phi) is 3.54. The number of ketones is 1. The SMILES string of the molecule is CCCn1cc(C(=O)C2COc3ccccc3C2)cn1. The van der Waals surface area contributed by atoms with E-state index in [1.165, 1.54) is 0 Å². The molecule has 4 heteroatoms. The van der Waals surface area contributed by atoms with Crippen LogP contribution >= 0.6 is 0 Å². The lowest BCUT2D eigenvalue weighted by Gasteiger charge is -2.23. The van der Waals surface area contributed by atoms with Crippen LogP contribution in [0.5, 0.6) is 5.75 Å². The van der Waals surface area contributed by atoms with Crippen molar-refractivity contribution in [3.05, 3.63) is 47.8 Å². The highest BCUT2D eigenvalue weighted by molar-refractivity contribution is 5.97.